The highest BCUT2D eigenvalue weighted by molar-refractivity contribution is 5.83. The first-order valence-corrected chi connectivity index (χ1v) is 3.54. The van der Waals surface area contributed by atoms with Crippen LogP contribution in [0.3, 0.4) is 0 Å². The summed E-state index contributed by atoms with van der Waals surface area (Å²) in [6, 6.07) is 3.23. The third-order valence-electron chi connectivity index (χ3n) is 1.42. The molecule has 2 N–H and O–H groups in total. The first-order chi connectivity index (χ1) is 5.72. The standard InChI is InChI=1S/C8H10N2O2/c1-6(10-12)4-7-2-3-8(11)5-9-7/h2-3,5,11-12H,4H2,1H3/b10-6+. The molecule has 0 radical (unpaired) electrons. The van der Waals surface area contributed by atoms with Crippen LogP contribution in [0.1, 0.15) is 12.6 Å². The molecule has 0 aliphatic heterocycles. The molecule has 0 bridgehead atoms. The normalized spacial score (nSPS) is 11.6. The fourth-order valence-electron chi connectivity index (χ4n) is 0.819. The van der Waals surface area contributed by atoms with Gasteiger partial charge < -0.3 is 10.3 Å². The predicted molar refractivity (Wildman–Crippen MR) is 44.5 cm³/mol. The maximum absolute atomic E-state index is 8.91. The molecule has 0 fully saturated rings. The lowest BCUT2D eigenvalue weighted by atomic mass is 10.2. The third-order valence-corrected chi connectivity index (χ3v) is 1.42. The van der Waals surface area contributed by atoms with Crippen LogP contribution in [-0.4, -0.2) is 21.0 Å². The minimum atomic E-state index is 0.136. The van der Waals surface area contributed by atoms with Crippen molar-refractivity contribution in [3.8, 4) is 5.75 Å². The van der Waals surface area contributed by atoms with E-state index in [4.69, 9.17) is 10.3 Å². The number of nitrogens with zero attached hydrogens (tertiary/aromatic N) is 2. The number of oxime groups is 1. The van der Waals surface area contributed by atoms with Gasteiger partial charge in [0.1, 0.15) is 5.75 Å². The van der Waals surface area contributed by atoms with E-state index < -0.39 is 0 Å². The molecule has 12 heavy (non-hydrogen) atoms. The van der Waals surface area contributed by atoms with Gasteiger partial charge in [0, 0.05) is 12.1 Å². The van der Waals surface area contributed by atoms with Gasteiger partial charge in [-0.2, -0.15) is 0 Å². The lowest BCUT2D eigenvalue weighted by Gasteiger charge is -1.97. The lowest BCUT2D eigenvalue weighted by Crippen LogP contribution is -1.99. The molecule has 0 aliphatic rings. The van der Waals surface area contributed by atoms with E-state index in [1.807, 2.05) is 0 Å². The van der Waals surface area contributed by atoms with Crippen LogP contribution >= 0.6 is 0 Å². The highest BCUT2D eigenvalue weighted by atomic mass is 16.4. The molecule has 1 rings (SSSR count). The fraction of sp³-hybridized carbons (Fsp3) is 0.250. The molecule has 4 heteroatoms. The van der Waals surface area contributed by atoms with Gasteiger partial charge in [-0.15, -0.1) is 0 Å². The van der Waals surface area contributed by atoms with Gasteiger partial charge in [0.15, 0.2) is 0 Å². The van der Waals surface area contributed by atoms with E-state index in [9.17, 15) is 0 Å². The summed E-state index contributed by atoms with van der Waals surface area (Å²) in [6.45, 7) is 1.70. The van der Waals surface area contributed by atoms with Crippen LogP contribution in [0.2, 0.25) is 0 Å². The molecule has 4 nitrogen and oxygen atoms in total. The van der Waals surface area contributed by atoms with E-state index in [0.717, 1.165) is 5.69 Å². The molecule has 1 aromatic heterocycles. The molecule has 0 saturated carbocycles. The highest BCUT2D eigenvalue weighted by Crippen LogP contribution is 2.06. The molecule has 1 aromatic rings. The Hall–Kier alpha value is -1.58. The Morgan fingerprint density at radius 3 is 2.83 bits per heavy atom. The maximum atomic E-state index is 8.91. The summed E-state index contributed by atoms with van der Waals surface area (Å²) in [7, 11) is 0. The zero-order valence-electron chi connectivity index (χ0n) is 6.73. The Morgan fingerprint density at radius 2 is 2.33 bits per heavy atom. The second-order valence-corrected chi connectivity index (χ2v) is 2.52. The minimum Gasteiger partial charge on any atom is -0.506 e. The number of aromatic hydroxyl groups is 1. The third kappa shape index (κ3) is 2.23. The Labute approximate surface area is 70.2 Å². The summed E-state index contributed by atoms with van der Waals surface area (Å²) in [4.78, 5) is 3.92. The van der Waals surface area contributed by atoms with Crippen molar-refractivity contribution >= 4 is 5.71 Å². The van der Waals surface area contributed by atoms with E-state index >= 15 is 0 Å². The van der Waals surface area contributed by atoms with Crippen LogP contribution in [0, 0.1) is 0 Å². The van der Waals surface area contributed by atoms with Crippen molar-refractivity contribution in [3.63, 3.8) is 0 Å². The zero-order chi connectivity index (χ0) is 8.97. The Morgan fingerprint density at radius 1 is 1.58 bits per heavy atom. The molecule has 0 amide bonds. The smallest absolute Gasteiger partial charge is 0.133 e. The van der Waals surface area contributed by atoms with Gasteiger partial charge in [-0.1, -0.05) is 5.16 Å². The topological polar surface area (TPSA) is 65.7 Å². The number of hydrogen-bond acceptors (Lipinski definition) is 4. The van der Waals surface area contributed by atoms with Crippen LogP contribution < -0.4 is 0 Å². The molecule has 0 spiro atoms. The zero-order valence-corrected chi connectivity index (χ0v) is 6.73. The van der Waals surface area contributed by atoms with Gasteiger partial charge in [-0.3, -0.25) is 4.98 Å². The van der Waals surface area contributed by atoms with E-state index in [0.29, 0.717) is 12.1 Å². The van der Waals surface area contributed by atoms with Crippen molar-refractivity contribution in [2.45, 2.75) is 13.3 Å². The van der Waals surface area contributed by atoms with Gasteiger partial charge in [0.2, 0.25) is 0 Å². The molecular formula is C8H10N2O2. The predicted octanol–water partition coefficient (Wildman–Crippen LogP) is 1.18. The molecule has 0 aromatic carbocycles. The Kier molecular flexibility index (Phi) is 2.63. The van der Waals surface area contributed by atoms with Gasteiger partial charge in [-0.25, -0.2) is 0 Å². The quantitative estimate of drug-likeness (QED) is 0.394. The van der Waals surface area contributed by atoms with Gasteiger partial charge in [-0.05, 0) is 19.1 Å². The van der Waals surface area contributed by atoms with Crippen LogP contribution in [-0.2, 0) is 6.42 Å². The second-order valence-electron chi connectivity index (χ2n) is 2.52. The molecule has 64 valence electrons. The summed E-state index contributed by atoms with van der Waals surface area (Å²) in [6.07, 6.45) is 1.86. The van der Waals surface area contributed by atoms with E-state index in [2.05, 4.69) is 10.1 Å². The molecule has 1 heterocycles. The molecule has 0 saturated heterocycles. The minimum absolute atomic E-state index is 0.136. The number of rotatable bonds is 2. The van der Waals surface area contributed by atoms with Crippen LogP contribution in [0.25, 0.3) is 0 Å². The van der Waals surface area contributed by atoms with Crippen molar-refractivity contribution < 1.29 is 10.3 Å². The Balaban J connectivity index is 2.71. The first-order valence-electron chi connectivity index (χ1n) is 3.54. The summed E-state index contributed by atoms with van der Waals surface area (Å²) in [5, 5.41) is 20.3. The monoisotopic (exact) mass is 166 g/mol. The lowest BCUT2D eigenvalue weighted by molar-refractivity contribution is 0.317. The van der Waals surface area contributed by atoms with Crippen molar-refractivity contribution in [3.05, 3.63) is 24.0 Å². The number of pyridine rings is 1. The van der Waals surface area contributed by atoms with Crippen LogP contribution in [0.15, 0.2) is 23.5 Å². The Bertz CT molecular complexity index is 280. The maximum Gasteiger partial charge on any atom is 0.133 e. The van der Waals surface area contributed by atoms with Gasteiger partial charge >= 0.3 is 0 Å². The fourth-order valence-corrected chi connectivity index (χ4v) is 0.819. The first kappa shape index (κ1) is 8.52. The van der Waals surface area contributed by atoms with Crippen molar-refractivity contribution in [1.82, 2.24) is 4.98 Å². The molecule has 0 atom stereocenters. The summed E-state index contributed by atoms with van der Waals surface area (Å²) in [5.74, 6) is 0.136. The summed E-state index contributed by atoms with van der Waals surface area (Å²) >= 11 is 0. The van der Waals surface area contributed by atoms with Gasteiger partial charge in [0.05, 0.1) is 11.9 Å². The SMILES string of the molecule is C/C(Cc1ccc(O)cn1)=N\O. The number of hydrogen-bond donors (Lipinski definition) is 2. The largest absolute Gasteiger partial charge is 0.506 e. The van der Waals surface area contributed by atoms with Crippen LogP contribution in [0.4, 0.5) is 0 Å². The summed E-state index contributed by atoms with van der Waals surface area (Å²) < 4.78 is 0. The van der Waals surface area contributed by atoms with Gasteiger partial charge in [0.25, 0.3) is 0 Å². The second kappa shape index (κ2) is 3.71. The van der Waals surface area contributed by atoms with Crippen LogP contribution in [0.5, 0.6) is 5.75 Å². The highest BCUT2D eigenvalue weighted by Gasteiger charge is 1.97. The average molecular weight is 166 g/mol. The average Bonchev–Trinajstić information content (AvgIpc) is 2.09. The molecular weight excluding hydrogens is 156 g/mol. The number of aromatic nitrogens is 1. The van der Waals surface area contributed by atoms with Crippen molar-refractivity contribution in [1.29, 1.82) is 0 Å². The van der Waals surface area contributed by atoms with Crippen molar-refractivity contribution in [2.75, 3.05) is 0 Å². The van der Waals surface area contributed by atoms with E-state index in [1.165, 1.54) is 6.20 Å². The van der Waals surface area contributed by atoms with E-state index in [1.54, 1.807) is 19.1 Å². The molecule has 0 aliphatic carbocycles. The van der Waals surface area contributed by atoms with E-state index in [-0.39, 0.29) is 5.75 Å². The van der Waals surface area contributed by atoms with Crippen molar-refractivity contribution in [2.24, 2.45) is 5.16 Å². The summed E-state index contributed by atoms with van der Waals surface area (Å²) in [5.41, 5.74) is 1.36. The molecule has 0 unspecified atom stereocenters.